The van der Waals surface area contributed by atoms with Crippen molar-refractivity contribution in [3.05, 3.63) is 29.8 Å². The maximum atomic E-state index is 12.8. The Balaban J connectivity index is 1.84. The molecule has 1 saturated heterocycles. The SMILES string of the molecule is CCc1ccccc1NC(=O)CN(C)C(=O)C(C)N1CCC(C(=O)NC(C)C)CC1. The van der Waals surface area contributed by atoms with Gasteiger partial charge in [-0.3, -0.25) is 19.3 Å². The first kappa shape index (κ1) is 23.9. The first-order valence-corrected chi connectivity index (χ1v) is 10.9. The molecule has 1 aliphatic heterocycles. The van der Waals surface area contributed by atoms with Crippen LogP contribution in [0.2, 0.25) is 0 Å². The second-order valence-electron chi connectivity index (χ2n) is 8.40. The molecule has 1 atom stereocenters. The summed E-state index contributed by atoms with van der Waals surface area (Å²) in [5.41, 5.74) is 1.86. The van der Waals surface area contributed by atoms with Gasteiger partial charge in [-0.1, -0.05) is 25.1 Å². The summed E-state index contributed by atoms with van der Waals surface area (Å²) in [6.45, 7) is 9.24. The number of anilines is 1. The summed E-state index contributed by atoms with van der Waals surface area (Å²) in [6, 6.07) is 7.51. The molecular formula is C23H36N4O3. The van der Waals surface area contributed by atoms with Crippen molar-refractivity contribution in [1.29, 1.82) is 0 Å². The van der Waals surface area contributed by atoms with Gasteiger partial charge < -0.3 is 15.5 Å². The smallest absolute Gasteiger partial charge is 0.243 e. The number of para-hydroxylation sites is 1. The summed E-state index contributed by atoms with van der Waals surface area (Å²) in [7, 11) is 1.66. The van der Waals surface area contributed by atoms with Crippen molar-refractivity contribution in [2.75, 3.05) is 32.0 Å². The molecular weight excluding hydrogens is 380 g/mol. The van der Waals surface area contributed by atoms with Crippen LogP contribution >= 0.6 is 0 Å². The summed E-state index contributed by atoms with van der Waals surface area (Å²) < 4.78 is 0. The Bertz CT molecular complexity index is 742. The van der Waals surface area contributed by atoms with Gasteiger partial charge in [0.2, 0.25) is 17.7 Å². The number of likely N-dealkylation sites (tertiary alicyclic amines) is 1. The quantitative estimate of drug-likeness (QED) is 0.681. The second-order valence-corrected chi connectivity index (χ2v) is 8.40. The van der Waals surface area contributed by atoms with Crippen LogP contribution in [0.15, 0.2) is 24.3 Å². The highest BCUT2D eigenvalue weighted by Crippen LogP contribution is 2.20. The Morgan fingerprint density at radius 3 is 2.37 bits per heavy atom. The molecule has 0 saturated carbocycles. The van der Waals surface area contributed by atoms with Gasteiger partial charge in [-0.05, 0) is 64.8 Å². The van der Waals surface area contributed by atoms with Gasteiger partial charge in [-0.15, -0.1) is 0 Å². The normalized spacial score (nSPS) is 16.2. The maximum Gasteiger partial charge on any atom is 0.243 e. The average Bonchev–Trinajstić information content (AvgIpc) is 2.72. The first-order chi connectivity index (χ1) is 14.2. The van der Waals surface area contributed by atoms with Crippen molar-refractivity contribution < 1.29 is 14.4 Å². The molecule has 1 aromatic rings. The van der Waals surface area contributed by atoms with Gasteiger partial charge in [-0.2, -0.15) is 0 Å². The summed E-state index contributed by atoms with van der Waals surface area (Å²) >= 11 is 0. The Labute approximate surface area is 180 Å². The molecule has 1 unspecified atom stereocenters. The summed E-state index contributed by atoms with van der Waals surface area (Å²) in [5, 5.41) is 5.88. The van der Waals surface area contributed by atoms with Crippen molar-refractivity contribution >= 4 is 23.4 Å². The number of likely N-dealkylation sites (N-methyl/N-ethyl adjacent to an activating group) is 1. The summed E-state index contributed by atoms with van der Waals surface area (Å²) in [4.78, 5) is 41.0. The number of benzene rings is 1. The molecule has 2 N–H and O–H groups in total. The molecule has 7 nitrogen and oxygen atoms in total. The molecule has 30 heavy (non-hydrogen) atoms. The monoisotopic (exact) mass is 416 g/mol. The second kappa shape index (κ2) is 11.1. The highest BCUT2D eigenvalue weighted by molar-refractivity contribution is 5.95. The number of hydrogen-bond donors (Lipinski definition) is 2. The lowest BCUT2D eigenvalue weighted by molar-refractivity contribution is -0.138. The number of carbonyl (C=O) groups excluding carboxylic acids is 3. The molecule has 0 radical (unpaired) electrons. The standard InChI is InChI=1S/C23H36N4O3/c1-6-18-9-7-8-10-20(18)25-21(28)15-26(5)23(30)17(4)27-13-11-19(12-14-27)22(29)24-16(2)3/h7-10,16-17,19H,6,11-15H2,1-5H3,(H,24,29)(H,25,28). The van der Waals surface area contributed by atoms with Gasteiger partial charge >= 0.3 is 0 Å². The third-order valence-electron chi connectivity index (χ3n) is 5.67. The van der Waals surface area contributed by atoms with E-state index in [1.165, 1.54) is 4.90 Å². The molecule has 0 aliphatic carbocycles. The molecule has 0 bridgehead atoms. The number of aryl methyl sites for hydroxylation is 1. The van der Waals surface area contributed by atoms with Crippen LogP contribution in [0.5, 0.6) is 0 Å². The Hall–Kier alpha value is -2.41. The third-order valence-corrected chi connectivity index (χ3v) is 5.67. The molecule has 0 spiro atoms. The Kier molecular flexibility index (Phi) is 8.84. The van der Waals surface area contributed by atoms with Gasteiger partial charge in [0.25, 0.3) is 0 Å². The first-order valence-electron chi connectivity index (χ1n) is 10.9. The molecule has 1 heterocycles. The van der Waals surface area contributed by atoms with E-state index < -0.39 is 0 Å². The topological polar surface area (TPSA) is 81.8 Å². The van der Waals surface area contributed by atoms with Crippen molar-refractivity contribution in [3.63, 3.8) is 0 Å². The highest BCUT2D eigenvalue weighted by atomic mass is 16.2. The fourth-order valence-corrected chi connectivity index (χ4v) is 3.86. The lowest BCUT2D eigenvalue weighted by Gasteiger charge is -2.36. The largest absolute Gasteiger partial charge is 0.354 e. The van der Waals surface area contributed by atoms with E-state index in [0.29, 0.717) is 13.1 Å². The summed E-state index contributed by atoms with van der Waals surface area (Å²) in [6.07, 6.45) is 2.32. The Morgan fingerprint density at radius 2 is 1.77 bits per heavy atom. The van der Waals surface area contributed by atoms with E-state index in [1.807, 2.05) is 52.0 Å². The van der Waals surface area contributed by atoms with Crippen molar-refractivity contribution in [2.24, 2.45) is 5.92 Å². The number of piperidine rings is 1. The number of carbonyl (C=O) groups is 3. The minimum absolute atomic E-state index is 0.00749. The molecule has 0 aromatic heterocycles. The van der Waals surface area contributed by atoms with E-state index in [2.05, 4.69) is 15.5 Å². The molecule has 1 aromatic carbocycles. The van der Waals surface area contributed by atoms with E-state index >= 15 is 0 Å². The third kappa shape index (κ3) is 6.55. The van der Waals surface area contributed by atoms with Crippen LogP contribution in [-0.2, 0) is 20.8 Å². The number of nitrogens with one attached hydrogen (secondary N) is 2. The van der Waals surface area contributed by atoms with Crippen LogP contribution < -0.4 is 10.6 Å². The summed E-state index contributed by atoms with van der Waals surface area (Å²) in [5.74, 6) is -0.181. The van der Waals surface area contributed by atoms with Gasteiger partial charge in [0.15, 0.2) is 0 Å². The molecule has 2 rings (SSSR count). The lowest BCUT2D eigenvalue weighted by Crippen LogP contribution is -2.51. The number of amides is 3. The van der Waals surface area contributed by atoms with Crippen molar-refractivity contribution in [1.82, 2.24) is 15.1 Å². The van der Waals surface area contributed by atoms with E-state index in [0.717, 1.165) is 30.5 Å². The number of nitrogens with zero attached hydrogens (tertiary/aromatic N) is 2. The fourth-order valence-electron chi connectivity index (χ4n) is 3.86. The molecule has 7 heteroatoms. The van der Waals surface area contributed by atoms with Crippen LogP contribution in [0.1, 0.15) is 46.1 Å². The molecule has 1 fully saturated rings. The zero-order valence-corrected chi connectivity index (χ0v) is 18.9. The van der Waals surface area contributed by atoms with Gasteiger partial charge in [0, 0.05) is 24.7 Å². The fraction of sp³-hybridized carbons (Fsp3) is 0.609. The van der Waals surface area contributed by atoms with Crippen molar-refractivity contribution in [3.8, 4) is 0 Å². The van der Waals surface area contributed by atoms with Crippen molar-refractivity contribution in [2.45, 2.75) is 59.0 Å². The number of hydrogen-bond acceptors (Lipinski definition) is 4. The van der Waals surface area contributed by atoms with Crippen LogP contribution in [0, 0.1) is 5.92 Å². The van der Waals surface area contributed by atoms with Gasteiger partial charge in [0.1, 0.15) is 0 Å². The maximum absolute atomic E-state index is 12.8. The zero-order chi connectivity index (χ0) is 22.3. The minimum Gasteiger partial charge on any atom is -0.354 e. The van der Waals surface area contributed by atoms with Gasteiger partial charge in [0.05, 0.1) is 12.6 Å². The van der Waals surface area contributed by atoms with E-state index in [4.69, 9.17) is 0 Å². The Morgan fingerprint density at radius 1 is 1.13 bits per heavy atom. The lowest BCUT2D eigenvalue weighted by atomic mass is 9.94. The predicted octanol–water partition coefficient (Wildman–Crippen LogP) is 2.27. The van der Waals surface area contributed by atoms with Crippen LogP contribution in [-0.4, -0.2) is 66.3 Å². The highest BCUT2D eigenvalue weighted by Gasteiger charge is 2.31. The van der Waals surface area contributed by atoms with Crippen LogP contribution in [0.4, 0.5) is 5.69 Å². The zero-order valence-electron chi connectivity index (χ0n) is 18.9. The molecule has 3 amide bonds. The van der Waals surface area contributed by atoms with E-state index in [-0.39, 0.29) is 42.3 Å². The van der Waals surface area contributed by atoms with E-state index in [9.17, 15) is 14.4 Å². The van der Waals surface area contributed by atoms with E-state index in [1.54, 1.807) is 7.05 Å². The molecule has 166 valence electrons. The van der Waals surface area contributed by atoms with Crippen LogP contribution in [0.25, 0.3) is 0 Å². The predicted molar refractivity (Wildman–Crippen MR) is 119 cm³/mol. The average molecular weight is 417 g/mol. The van der Waals surface area contributed by atoms with Gasteiger partial charge in [-0.25, -0.2) is 0 Å². The minimum atomic E-state index is -0.320. The number of rotatable bonds is 8. The molecule has 1 aliphatic rings. The van der Waals surface area contributed by atoms with Crippen LogP contribution in [0.3, 0.4) is 0 Å².